The maximum absolute atomic E-state index is 13.0. The first-order valence-corrected chi connectivity index (χ1v) is 12.5. The first-order valence-electron chi connectivity index (χ1n) is 12.5. The van der Waals surface area contributed by atoms with Gasteiger partial charge in [0.05, 0.1) is 11.9 Å². The monoisotopic (exact) mass is 448 g/mol. The van der Waals surface area contributed by atoms with Crippen LogP contribution in [-0.4, -0.2) is 56.7 Å². The summed E-state index contributed by atoms with van der Waals surface area (Å²) in [5, 5.41) is 5.70. The van der Waals surface area contributed by atoms with Crippen molar-refractivity contribution >= 4 is 22.6 Å². The van der Waals surface area contributed by atoms with E-state index in [1.807, 2.05) is 12.4 Å². The predicted molar refractivity (Wildman–Crippen MR) is 132 cm³/mol. The van der Waals surface area contributed by atoms with Gasteiger partial charge < -0.3 is 14.8 Å². The second-order valence-electron chi connectivity index (χ2n) is 10.2. The molecule has 0 spiro atoms. The second kappa shape index (κ2) is 8.84. The fourth-order valence-electron chi connectivity index (χ4n) is 5.58. The number of pyridine rings is 1. The molecule has 0 radical (unpaired) electrons. The van der Waals surface area contributed by atoms with E-state index in [1.165, 1.54) is 18.5 Å². The molecule has 3 aromatic rings. The van der Waals surface area contributed by atoms with Crippen molar-refractivity contribution < 1.29 is 4.79 Å². The lowest BCUT2D eigenvalue weighted by Gasteiger charge is -2.38. The van der Waals surface area contributed by atoms with E-state index >= 15 is 0 Å². The van der Waals surface area contributed by atoms with Crippen LogP contribution in [0, 0.1) is 18.8 Å². The summed E-state index contributed by atoms with van der Waals surface area (Å²) in [6.45, 7) is 12.0. The van der Waals surface area contributed by atoms with Gasteiger partial charge in [-0.1, -0.05) is 6.92 Å². The van der Waals surface area contributed by atoms with E-state index in [0.29, 0.717) is 11.9 Å². The third kappa shape index (κ3) is 4.13. The summed E-state index contributed by atoms with van der Waals surface area (Å²) in [5.74, 6) is 1.39. The smallest absolute Gasteiger partial charge is 0.225 e. The zero-order valence-electron chi connectivity index (χ0n) is 20.3. The number of rotatable bonds is 4. The minimum Gasteiger partial charge on any atom is -0.367 e. The Morgan fingerprint density at radius 2 is 1.85 bits per heavy atom. The second-order valence-corrected chi connectivity index (χ2v) is 10.2. The standard InChI is InChI=1S/C26H36N6O/c1-17(2)32-19(4)22(16-28-32)23-15-21-24(9-10-27-25(21)29-23)30-11-13-31(14-12-30)26(33)20-7-5-18(3)6-8-20/h9-10,15-18,20H,5-8,11-14H2,1-4H3,(H,27,29). The van der Waals surface area contributed by atoms with Gasteiger partial charge in [-0.05, 0) is 64.5 Å². The predicted octanol–water partition coefficient (Wildman–Crippen LogP) is 4.79. The summed E-state index contributed by atoms with van der Waals surface area (Å²) >= 11 is 0. The Morgan fingerprint density at radius 1 is 1.12 bits per heavy atom. The van der Waals surface area contributed by atoms with E-state index in [2.05, 4.69) is 69.4 Å². The lowest BCUT2D eigenvalue weighted by Crippen LogP contribution is -2.50. The number of aromatic nitrogens is 4. The van der Waals surface area contributed by atoms with Gasteiger partial charge in [0.15, 0.2) is 0 Å². The Balaban J connectivity index is 1.32. The number of nitrogens with one attached hydrogen (secondary N) is 1. The third-order valence-electron chi connectivity index (χ3n) is 7.63. The zero-order valence-corrected chi connectivity index (χ0v) is 20.3. The average Bonchev–Trinajstić information content (AvgIpc) is 3.42. The summed E-state index contributed by atoms with van der Waals surface area (Å²) in [4.78, 5) is 25.6. The van der Waals surface area contributed by atoms with Crippen LogP contribution in [0.2, 0.25) is 0 Å². The number of nitrogens with zero attached hydrogens (tertiary/aromatic N) is 5. The molecule has 1 aliphatic carbocycles. The molecule has 176 valence electrons. The van der Waals surface area contributed by atoms with E-state index in [-0.39, 0.29) is 5.92 Å². The Hall–Kier alpha value is -2.83. The van der Waals surface area contributed by atoms with Crippen LogP contribution in [0.3, 0.4) is 0 Å². The van der Waals surface area contributed by atoms with E-state index < -0.39 is 0 Å². The number of H-pyrrole nitrogens is 1. The molecule has 2 fully saturated rings. The Kier molecular flexibility index (Phi) is 5.89. The van der Waals surface area contributed by atoms with Crippen LogP contribution >= 0.6 is 0 Å². The van der Waals surface area contributed by atoms with E-state index in [0.717, 1.165) is 72.9 Å². The van der Waals surface area contributed by atoms with Crippen molar-refractivity contribution in [3.63, 3.8) is 0 Å². The summed E-state index contributed by atoms with van der Waals surface area (Å²) in [6, 6.07) is 4.63. The Labute approximate surface area is 196 Å². The molecule has 3 aromatic heterocycles. The molecule has 1 saturated carbocycles. The van der Waals surface area contributed by atoms with Crippen molar-refractivity contribution in [3.8, 4) is 11.3 Å². The van der Waals surface area contributed by atoms with Crippen molar-refractivity contribution in [2.75, 3.05) is 31.1 Å². The van der Waals surface area contributed by atoms with Crippen LogP contribution in [0.4, 0.5) is 5.69 Å². The molecule has 0 unspecified atom stereocenters. The number of carbonyl (C=O) groups is 1. The number of fused-ring (bicyclic) bond motifs is 1. The van der Waals surface area contributed by atoms with Gasteiger partial charge in [-0.25, -0.2) is 4.98 Å². The highest BCUT2D eigenvalue weighted by atomic mass is 16.2. The van der Waals surface area contributed by atoms with Crippen LogP contribution < -0.4 is 4.90 Å². The minimum atomic E-state index is 0.239. The van der Waals surface area contributed by atoms with E-state index in [9.17, 15) is 4.79 Å². The number of anilines is 1. The van der Waals surface area contributed by atoms with Crippen LogP contribution in [0.15, 0.2) is 24.5 Å². The SMILES string of the molecule is Cc1c(-c2cc3c(N4CCN(C(=O)C5CCC(C)CC5)CC4)ccnc3[nH]2)cnn1C(C)C. The van der Waals surface area contributed by atoms with Gasteiger partial charge in [0.1, 0.15) is 5.65 Å². The van der Waals surface area contributed by atoms with Crippen LogP contribution in [0.5, 0.6) is 0 Å². The van der Waals surface area contributed by atoms with Crippen LogP contribution in [0.25, 0.3) is 22.3 Å². The van der Waals surface area contributed by atoms with Crippen molar-refractivity contribution in [2.24, 2.45) is 11.8 Å². The molecule has 0 aromatic carbocycles. The maximum Gasteiger partial charge on any atom is 0.225 e. The summed E-state index contributed by atoms with van der Waals surface area (Å²) in [7, 11) is 0. The number of amides is 1. The van der Waals surface area contributed by atoms with Crippen molar-refractivity contribution in [3.05, 3.63) is 30.2 Å². The normalized spacial score (nSPS) is 21.8. The van der Waals surface area contributed by atoms with E-state index in [4.69, 9.17) is 0 Å². The molecular weight excluding hydrogens is 412 g/mol. The molecule has 5 rings (SSSR count). The average molecular weight is 449 g/mol. The number of piperazine rings is 1. The highest BCUT2D eigenvalue weighted by Crippen LogP contribution is 2.33. The van der Waals surface area contributed by atoms with Crippen molar-refractivity contribution in [1.29, 1.82) is 0 Å². The third-order valence-corrected chi connectivity index (χ3v) is 7.63. The van der Waals surface area contributed by atoms with Crippen molar-refractivity contribution in [2.45, 2.75) is 59.4 Å². The molecule has 2 aliphatic rings. The molecule has 1 N–H and O–H groups in total. The molecule has 33 heavy (non-hydrogen) atoms. The summed E-state index contributed by atoms with van der Waals surface area (Å²) in [6.07, 6.45) is 8.32. The van der Waals surface area contributed by atoms with Crippen LogP contribution in [0.1, 0.15) is 58.2 Å². The lowest BCUT2D eigenvalue weighted by molar-refractivity contribution is -0.137. The van der Waals surface area contributed by atoms with Gasteiger partial charge in [-0.2, -0.15) is 5.10 Å². The lowest BCUT2D eigenvalue weighted by atomic mass is 9.82. The quantitative estimate of drug-likeness (QED) is 0.623. The summed E-state index contributed by atoms with van der Waals surface area (Å²) in [5.41, 5.74) is 5.41. The van der Waals surface area contributed by atoms with Gasteiger partial charge in [-0.3, -0.25) is 9.48 Å². The Morgan fingerprint density at radius 3 is 2.52 bits per heavy atom. The first kappa shape index (κ1) is 22.0. The molecule has 1 aliphatic heterocycles. The maximum atomic E-state index is 13.0. The molecule has 0 atom stereocenters. The minimum absolute atomic E-state index is 0.239. The zero-order chi connectivity index (χ0) is 23.1. The summed E-state index contributed by atoms with van der Waals surface area (Å²) < 4.78 is 2.05. The van der Waals surface area contributed by atoms with Gasteiger partial charge in [0, 0.05) is 66.7 Å². The number of aromatic amines is 1. The molecule has 4 heterocycles. The number of hydrogen-bond acceptors (Lipinski definition) is 4. The molecule has 7 nitrogen and oxygen atoms in total. The molecule has 0 bridgehead atoms. The van der Waals surface area contributed by atoms with Crippen molar-refractivity contribution in [1.82, 2.24) is 24.6 Å². The highest BCUT2D eigenvalue weighted by molar-refractivity contribution is 5.94. The van der Waals surface area contributed by atoms with Gasteiger partial charge >= 0.3 is 0 Å². The fourth-order valence-corrected chi connectivity index (χ4v) is 5.58. The molecule has 1 amide bonds. The molecular formula is C26H36N6O. The van der Waals surface area contributed by atoms with Crippen LogP contribution in [-0.2, 0) is 4.79 Å². The molecule has 1 saturated heterocycles. The Bertz CT molecular complexity index is 1130. The fraction of sp³-hybridized carbons (Fsp3) is 0.577. The largest absolute Gasteiger partial charge is 0.367 e. The highest BCUT2D eigenvalue weighted by Gasteiger charge is 2.30. The first-order chi connectivity index (χ1) is 15.9. The molecule has 7 heteroatoms. The van der Waals surface area contributed by atoms with Gasteiger partial charge in [0.2, 0.25) is 5.91 Å². The van der Waals surface area contributed by atoms with Gasteiger partial charge in [-0.15, -0.1) is 0 Å². The van der Waals surface area contributed by atoms with E-state index in [1.54, 1.807) is 0 Å². The number of carbonyl (C=O) groups excluding carboxylic acids is 1. The topological polar surface area (TPSA) is 70.1 Å². The van der Waals surface area contributed by atoms with Gasteiger partial charge in [0.25, 0.3) is 0 Å². The number of hydrogen-bond donors (Lipinski definition) is 1.